The van der Waals surface area contributed by atoms with Crippen LogP contribution in [0.5, 0.6) is 5.75 Å². The second-order valence-corrected chi connectivity index (χ2v) is 8.45. The molecule has 7 heteroatoms. The smallest absolute Gasteiger partial charge is 0.226 e. The van der Waals surface area contributed by atoms with E-state index in [2.05, 4.69) is 10.3 Å². The van der Waals surface area contributed by atoms with Crippen LogP contribution in [0.1, 0.15) is 30.1 Å². The van der Waals surface area contributed by atoms with Gasteiger partial charge in [0.15, 0.2) is 0 Å². The predicted octanol–water partition coefficient (Wildman–Crippen LogP) is 4.87. The van der Waals surface area contributed by atoms with Gasteiger partial charge in [-0.1, -0.05) is 41.9 Å². The maximum atomic E-state index is 13.8. The fraction of sp³-hybridized carbons (Fsp3) is 0.308. The lowest BCUT2D eigenvalue weighted by molar-refractivity contribution is -0.138. The first-order chi connectivity index (χ1) is 16.1. The van der Waals surface area contributed by atoms with Crippen LogP contribution in [0.25, 0.3) is 0 Å². The predicted molar refractivity (Wildman–Crippen MR) is 127 cm³/mol. The molecule has 172 valence electrons. The number of piperidine rings is 1. The van der Waals surface area contributed by atoms with Gasteiger partial charge in [-0.05, 0) is 67.9 Å². The van der Waals surface area contributed by atoms with Crippen molar-refractivity contribution in [3.05, 3.63) is 95.0 Å². The zero-order chi connectivity index (χ0) is 23.0. The molecule has 1 aromatic heterocycles. The summed E-state index contributed by atoms with van der Waals surface area (Å²) in [4.78, 5) is 20.1. The van der Waals surface area contributed by atoms with Crippen molar-refractivity contribution in [2.75, 3.05) is 26.2 Å². The van der Waals surface area contributed by atoms with Gasteiger partial charge in [0, 0.05) is 12.1 Å². The monoisotopic (exact) mass is 467 g/mol. The third kappa shape index (κ3) is 5.89. The summed E-state index contributed by atoms with van der Waals surface area (Å²) in [7, 11) is 0. The number of benzene rings is 2. The quantitative estimate of drug-likeness (QED) is 0.513. The lowest BCUT2D eigenvalue weighted by Gasteiger charge is -2.35. The Morgan fingerprint density at radius 2 is 1.82 bits per heavy atom. The van der Waals surface area contributed by atoms with Crippen molar-refractivity contribution in [1.29, 1.82) is 0 Å². The molecule has 0 spiro atoms. The summed E-state index contributed by atoms with van der Waals surface area (Å²) < 4.78 is 19.6. The number of ether oxygens (including phenoxy) is 1. The molecule has 2 heterocycles. The zero-order valence-electron chi connectivity index (χ0n) is 18.3. The van der Waals surface area contributed by atoms with Crippen LogP contribution in [0.15, 0.2) is 72.9 Å². The van der Waals surface area contributed by atoms with Gasteiger partial charge in [-0.25, -0.2) is 4.39 Å². The highest BCUT2D eigenvalue weighted by Gasteiger charge is 2.33. The minimum Gasteiger partial charge on any atom is -0.490 e. The van der Waals surface area contributed by atoms with E-state index in [1.54, 1.807) is 30.5 Å². The Kier molecular flexibility index (Phi) is 7.92. The number of nitrogens with one attached hydrogen (secondary N) is 1. The van der Waals surface area contributed by atoms with Gasteiger partial charge in [-0.3, -0.25) is 9.78 Å². The Morgan fingerprint density at radius 3 is 2.52 bits per heavy atom. The summed E-state index contributed by atoms with van der Waals surface area (Å²) in [6.07, 6.45) is 3.26. The molecule has 0 aliphatic carbocycles. The SMILES string of the molecule is O=C(C1CCNCC1)N(CCOc1ccccc1Cl)C(c1ccc(F)cc1)c1ccccn1. The Morgan fingerprint density at radius 1 is 1.09 bits per heavy atom. The maximum absolute atomic E-state index is 13.8. The van der Waals surface area contributed by atoms with Crippen molar-refractivity contribution in [3.8, 4) is 5.75 Å². The van der Waals surface area contributed by atoms with Crippen molar-refractivity contribution in [3.63, 3.8) is 0 Å². The standard InChI is InChI=1S/C26H27ClFN3O2/c27-22-5-1-2-7-24(22)33-18-17-31(26(32)20-12-15-29-16-13-20)25(23-6-3-4-14-30-23)19-8-10-21(28)11-9-19/h1-11,14,20,25,29H,12-13,15-18H2. The van der Waals surface area contributed by atoms with Gasteiger partial charge in [0.2, 0.25) is 5.91 Å². The van der Waals surface area contributed by atoms with E-state index in [0.717, 1.165) is 37.2 Å². The van der Waals surface area contributed by atoms with Gasteiger partial charge in [-0.15, -0.1) is 0 Å². The van der Waals surface area contributed by atoms with Gasteiger partial charge in [0.25, 0.3) is 0 Å². The van der Waals surface area contributed by atoms with Crippen LogP contribution in [0.2, 0.25) is 5.02 Å². The van der Waals surface area contributed by atoms with Crippen molar-refractivity contribution in [2.45, 2.75) is 18.9 Å². The molecule has 0 saturated carbocycles. The molecule has 1 aliphatic heterocycles. The first-order valence-electron chi connectivity index (χ1n) is 11.2. The number of halogens is 2. The van der Waals surface area contributed by atoms with Crippen LogP contribution in [-0.4, -0.2) is 42.0 Å². The third-order valence-electron chi connectivity index (χ3n) is 5.86. The normalized spacial score (nSPS) is 15.1. The summed E-state index contributed by atoms with van der Waals surface area (Å²) in [6, 6.07) is 18.7. The van der Waals surface area contributed by atoms with E-state index < -0.39 is 6.04 Å². The van der Waals surface area contributed by atoms with Crippen LogP contribution in [0.3, 0.4) is 0 Å². The number of pyridine rings is 1. The molecule has 5 nitrogen and oxygen atoms in total. The highest BCUT2D eigenvalue weighted by atomic mass is 35.5. The van der Waals surface area contributed by atoms with E-state index in [0.29, 0.717) is 17.3 Å². The Labute approximate surface area is 198 Å². The van der Waals surface area contributed by atoms with E-state index in [4.69, 9.17) is 16.3 Å². The van der Waals surface area contributed by atoms with Gasteiger partial charge in [-0.2, -0.15) is 0 Å². The first-order valence-corrected chi connectivity index (χ1v) is 11.6. The van der Waals surface area contributed by atoms with Crippen molar-refractivity contribution >= 4 is 17.5 Å². The Balaban J connectivity index is 1.65. The Hall–Kier alpha value is -2.96. The highest BCUT2D eigenvalue weighted by Crippen LogP contribution is 2.31. The molecule has 1 saturated heterocycles. The number of aromatic nitrogens is 1. The maximum Gasteiger partial charge on any atom is 0.226 e. The number of carbonyl (C=O) groups is 1. The van der Waals surface area contributed by atoms with Crippen molar-refractivity contribution < 1.29 is 13.9 Å². The number of para-hydroxylation sites is 1. The number of nitrogens with zero attached hydrogens (tertiary/aromatic N) is 2. The van der Waals surface area contributed by atoms with Crippen molar-refractivity contribution in [1.82, 2.24) is 15.2 Å². The topological polar surface area (TPSA) is 54.5 Å². The number of amides is 1. The summed E-state index contributed by atoms with van der Waals surface area (Å²) in [5.74, 6) is 0.221. The molecule has 0 bridgehead atoms. The summed E-state index contributed by atoms with van der Waals surface area (Å²) in [5.41, 5.74) is 1.53. The minimum atomic E-state index is -0.455. The van der Waals surface area contributed by atoms with Gasteiger partial charge < -0.3 is 15.0 Å². The molecule has 3 aromatic rings. The zero-order valence-corrected chi connectivity index (χ0v) is 19.0. The lowest BCUT2D eigenvalue weighted by atomic mass is 9.93. The molecule has 1 unspecified atom stereocenters. The summed E-state index contributed by atoms with van der Waals surface area (Å²) >= 11 is 6.23. The minimum absolute atomic E-state index is 0.0548. The first kappa shape index (κ1) is 23.2. The van der Waals surface area contributed by atoms with E-state index >= 15 is 0 Å². The highest BCUT2D eigenvalue weighted by molar-refractivity contribution is 6.32. The van der Waals surface area contributed by atoms with Crippen LogP contribution < -0.4 is 10.1 Å². The number of hydrogen-bond donors (Lipinski definition) is 1. The van der Waals surface area contributed by atoms with Gasteiger partial charge in [0.1, 0.15) is 18.2 Å². The lowest BCUT2D eigenvalue weighted by Crippen LogP contribution is -2.45. The van der Waals surface area contributed by atoms with Gasteiger partial charge in [0.05, 0.1) is 23.3 Å². The third-order valence-corrected chi connectivity index (χ3v) is 6.18. The molecule has 1 amide bonds. The fourth-order valence-corrected chi connectivity index (χ4v) is 4.37. The average Bonchev–Trinajstić information content (AvgIpc) is 2.86. The molecule has 2 aromatic carbocycles. The molecule has 33 heavy (non-hydrogen) atoms. The van der Waals surface area contributed by atoms with E-state index in [1.165, 1.54) is 12.1 Å². The Bertz CT molecular complexity index is 1040. The van der Waals surface area contributed by atoms with E-state index in [1.807, 2.05) is 35.2 Å². The van der Waals surface area contributed by atoms with Crippen LogP contribution in [-0.2, 0) is 4.79 Å². The second kappa shape index (κ2) is 11.3. The van der Waals surface area contributed by atoms with Crippen LogP contribution in [0.4, 0.5) is 4.39 Å². The molecule has 1 fully saturated rings. The fourth-order valence-electron chi connectivity index (χ4n) is 4.18. The van der Waals surface area contributed by atoms with E-state index in [9.17, 15) is 9.18 Å². The van der Waals surface area contributed by atoms with Crippen LogP contribution in [0, 0.1) is 11.7 Å². The molecule has 1 atom stereocenters. The van der Waals surface area contributed by atoms with Crippen LogP contribution >= 0.6 is 11.6 Å². The molecular weight excluding hydrogens is 441 g/mol. The number of rotatable bonds is 8. The van der Waals surface area contributed by atoms with Gasteiger partial charge >= 0.3 is 0 Å². The summed E-state index contributed by atoms with van der Waals surface area (Å²) in [5, 5.41) is 3.84. The van der Waals surface area contributed by atoms with Crippen molar-refractivity contribution in [2.24, 2.45) is 5.92 Å². The largest absolute Gasteiger partial charge is 0.490 e. The van der Waals surface area contributed by atoms with E-state index in [-0.39, 0.29) is 24.2 Å². The number of carbonyl (C=O) groups excluding carboxylic acids is 1. The molecular formula is C26H27ClFN3O2. The summed E-state index contributed by atoms with van der Waals surface area (Å²) in [6.45, 7) is 2.23. The molecule has 1 aliphatic rings. The second-order valence-electron chi connectivity index (χ2n) is 8.04. The number of hydrogen-bond acceptors (Lipinski definition) is 4. The average molecular weight is 468 g/mol. The molecule has 4 rings (SSSR count). The molecule has 0 radical (unpaired) electrons. The molecule has 1 N–H and O–H groups in total.